The molecular weight excluding hydrogens is 313 g/mol. The molecule has 0 N–H and O–H groups in total. The Labute approximate surface area is 131 Å². The summed E-state index contributed by atoms with van der Waals surface area (Å²) in [5.41, 5.74) is 0.557. The van der Waals surface area contributed by atoms with E-state index < -0.39 is 15.8 Å². The van der Waals surface area contributed by atoms with Gasteiger partial charge in [0.2, 0.25) is 10.0 Å². The highest BCUT2D eigenvalue weighted by atomic mass is 35.5. The van der Waals surface area contributed by atoms with Crippen LogP contribution in [0.4, 0.5) is 4.39 Å². The van der Waals surface area contributed by atoms with Gasteiger partial charge in [-0.1, -0.05) is 19.3 Å². The first-order chi connectivity index (χ1) is 9.96. The third-order valence-corrected chi connectivity index (χ3v) is 6.06. The first-order valence-electron chi connectivity index (χ1n) is 7.32. The molecule has 1 aliphatic rings. The molecule has 1 fully saturated rings. The predicted octanol–water partition coefficient (Wildman–Crippen LogP) is 3.83. The summed E-state index contributed by atoms with van der Waals surface area (Å²) >= 11 is 5.71. The number of benzene rings is 1. The second-order valence-corrected chi connectivity index (χ2v) is 7.72. The first-order valence-corrected chi connectivity index (χ1v) is 9.29. The van der Waals surface area contributed by atoms with Gasteiger partial charge in [-0.05, 0) is 37.5 Å². The van der Waals surface area contributed by atoms with E-state index in [0.29, 0.717) is 18.7 Å². The van der Waals surface area contributed by atoms with Gasteiger partial charge in [-0.3, -0.25) is 0 Å². The summed E-state index contributed by atoms with van der Waals surface area (Å²) in [5, 5.41) is 0. The van der Waals surface area contributed by atoms with Crippen LogP contribution in [0.15, 0.2) is 17.0 Å². The van der Waals surface area contributed by atoms with Crippen LogP contribution in [0.5, 0.6) is 0 Å². The predicted molar refractivity (Wildman–Crippen MR) is 82.5 cm³/mol. The molecule has 0 amide bonds. The number of hydrogen-bond donors (Lipinski definition) is 0. The third-order valence-electron chi connectivity index (χ3n) is 3.90. The van der Waals surface area contributed by atoms with Crippen molar-refractivity contribution in [1.82, 2.24) is 4.31 Å². The van der Waals surface area contributed by atoms with Crippen LogP contribution in [0.25, 0.3) is 0 Å². The van der Waals surface area contributed by atoms with Crippen LogP contribution in [-0.2, 0) is 15.9 Å². The highest BCUT2D eigenvalue weighted by Crippen LogP contribution is 2.25. The van der Waals surface area contributed by atoms with E-state index in [0.717, 1.165) is 25.7 Å². The lowest BCUT2D eigenvalue weighted by Crippen LogP contribution is -2.34. The van der Waals surface area contributed by atoms with Crippen LogP contribution in [0, 0.1) is 12.7 Å². The Morgan fingerprint density at radius 3 is 2.29 bits per heavy atom. The lowest BCUT2D eigenvalue weighted by Gasteiger charge is -2.24. The first kappa shape index (κ1) is 16.7. The summed E-state index contributed by atoms with van der Waals surface area (Å²) in [5.74, 6) is -0.452. The molecule has 0 radical (unpaired) electrons. The van der Waals surface area contributed by atoms with Crippen molar-refractivity contribution in [3.05, 3.63) is 29.1 Å². The second-order valence-electron chi connectivity index (χ2n) is 5.52. The SMILES string of the molecule is Cc1cc(S(=O)(=O)N2CCCCCCC2)cc(CCl)c1F. The Morgan fingerprint density at radius 2 is 1.71 bits per heavy atom. The molecule has 0 aliphatic carbocycles. The van der Waals surface area contributed by atoms with E-state index >= 15 is 0 Å². The maximum absolute atomic E-state index is 13.8. The van der Waals surface area contributed by atoms with Crippen LogP contribution < -0.4 is 0 Å². The number of nitrogens with zero attached hydrogens (tertiary/aromatic N) is 1. The smallest absolute Gasteiger partial charge is 0.207 e. The van der Waals surface area contributed by atoms with Crippen molar-refractivity contribution in [3.63, 3.8) is 0 Å². The summed E-state index contributed by atoms with van der Waals surface area (Å²) in [6, 6.07) is 2.77. The van der Waals surface area contributed by atoms with Crippen LogP contribution >= 0.6 is 11.6 Å². The van der Waals surface area contributed by atoms with Crippen LogP contribution in [0.2, 0.25) is 0 Å². The quantitative estimate of drug-likeness (QED) is 0.788. The van der Waals surface area contributed by atoms with E-state index in [1.165, 1.54) is 22.9 Å². The Bertz CT molecular complexity index is 596. The number of sulfonamides is 1. The van der Waals surface area contributed by atoms with Crippen molar-refractivity contribution in [2.45, 2.75) is 49.8 Å². The Balaban J connectivity index is 2.36. The molecule has 0 unspecified atom stereocenters. The molecule has 0 aromatic heterocycles. The van der Waals surface area contributed by atoms with E-state index in [9.17, 15) is 12.8 Å². The Morgan fingerprint density at radius 1 is 1.14 bits per heavy atom. The summed E-state index contributed by atoms with van der Waals surface area (Å²) in [6.45, 7) is 2.64. The molecule has 0 bridgehead atoms. The monoisotopic (exact) mass is 333 g/mol. The van der Waals surface area contributed by atoms with Gasteiger partial charge in [-0.15, -0.1) is 11.6 Å². The standard InChI is InChI=1S/C15H21ClFNO2S/c1-12-9-14(10-13(11-16)15(12)17)21(19,20)18-7-5-3-2-4-6-8-18/h9-10H,2-8,11H2,1H3. The van der Waals surface area contributed by atoms with Crippen molar-refractivity contribution < 1.29 is 12.8 Å². The minimum absolute atomic E-state index is 0.0317. The van der Waals surface area contributed by atoms with E-state index in [1.54, 1.807) is 6.92 Å². The molecule has 118 valence electrons. The molecule has 6 heteroatoms. The van der Waals surface area contributed by atoms with Gasteiger partial charge in [0, 0.05) is 18.7 Å². The van der Waals surface area contributed by atoms with E-state index in [-0.39, 0.29) is 16.3 Å². The van der Waals surface area contributed by atoms with Gasteiger partial charge >= 0.3 is 0 Å². The van der Waals surface area contributed by atoms with E-state index in [4.69, 9.17) is 11.6 Å². The molecule has 21 heavy (non-hydrogen) atoms. The number of alkyl halides is 1. The van der Waals surface area contributed by atoms with Gasteiger partial charge in [0.25, 0.3) is 0 Å². The minimum atomic E-state index is -3.57. The Kier molecular flexibility index (Phi) is 5.63. The number of halogens is 2. The fraction of sp³-hybridized carbons (Fsp3) is 0.600. The van der Waals surface area contributed by atoms with E-state index in [2.05, 4.69) is 0 Å². The van der Waals surface area contributed by atoms with Gasteiger partial charge in [0.1, 0.15) is 5.82 Å². The fourth-order valence-electron chi connectivity index (χ4n) is 2.66. The molecule has 3 nitrogen and oxygen atoms in total. The van der Waals surface area contributed by atoms with Crippen molar-refractivity contribution in [2.75, 3.05) is 13.1 Å². The highest BCUT2D eigenvalue weighted by molar-refractivity contribution is 7.89. The molecule has 1 aromatic carbocycles. The van der Waals surface area contributed by atoms with Gasteiger partial charge < -0.3 is 0 Å². The van der Waals surface area contributed by atoms with Gasteiger partial charge in [0.05, 0.1) is 10.8 Å². The largest absolute Gasteiger partial charge is 0.243 e. The van der Waals surface area contributed by atoms with Crippen molar-refractivity contribution in [1.29, 1.82) is 0 Å². The molecule has 1 saturated heterocycles. The lowest BCUT2D eigenvalue weighted by molar-refractivity contribution is 0.364. The number of hydrogen-bond acceptors (Lipinski definition) is 2. The third kappa shape index (κ3) is 3.76. The summed E-state index contributed by atoms with van der Waals surface area (Å²) < 4.78 is 40.9. The Hall–Kier alpha value is -0.650. The van der Waals surface area contributed by atoms with Crippen molar-refractivity contribution >= 4 is 21.6 Å². The van der Waals surface area contributed by atoms with Crippen molar-refractivity contribution in [2.24, 2.45) is 0 Å². The van der Waals surface area contributed by atoms with Gasteiger partial charge in [-0.2, -0.15) is 4.31 Å². The molecule has 2 rings (SSSR count). The van der Waals surface area contributed by atoms with Crippen LogP contribution in [-0.4, -0.2) is 25.8 Å². The normalized spacial score (nSPS) is 18.2. The van der Waals surface area contributed by atoms with Gasteiger partial charge in [0.15, 0.2) is 0 Å². The zero-order valence-corrected chi connectivity index (χ0v) is 13.8. The molecule has 1 aliphatic heterocycles. The average Bonchev–Trinajstić information content (AvgIpc) is 2.40. The van der Waals surface area contributed by atoms with Gasteiger partial charge in [-0.25, -0.2) is 12.8 Å². The second kappa shape index (κ2) is 7.07. The summed E-state index contributed by atoms with van der Waals surface area (Å²) in [4.78, 5) is 0.151. The molecular formula is C15H21ClFNO2S. The zero-order chi connectivity index (χ0) is 15.5. The lowest BCUT2D eigenvalue weighted by atomic mass is 10.1. The fourth-order valence-corrected chi connectivity index (χ4v) is 4.51. The van der Waals surface area contributed by atoms with E-state index in [1.807, 2.05) is 0 Å². The zero-order valence-electron chi connectivity index (χ0n) is 12.2. The number of aryl methyl sites for hydroxylation is 1. The maximum atomic E-state index is 13.8. The van der Waals surface area contributed by atoms with Crippen LogP contribution in [0.3, 0.4) is 0 Å². The molecule has 0 atom stereocenters. The molecule has 0 saturated carbocycles. The summed E-state index contributed by atoms with van der Waals surface area (Å²) in [6.07, 6.45) is 5.03. The topological polar surface area (TPSA) is 37.4 Å². The molecule has 0 spiro atoms. The maximum Gasteiger partial charge on any atom is 0.243 e. The highest BCUT2D eigenvalue weighted by Gasteiger charge is 2.26. The average molecular weight is 334 g/mol. The van der Waals surface area contributed by atoms with Crippen LogP contribution in [0.1, 0.15) is 43.2 Å². The molecule has 1 aromatic rings. The number of rotatable bonds is 3. The van der Waals surface area contributed by atoms with Crippen molar-refractivity contribution in [3.8, 4) is 0 Å². The molecule has 1 heterocycles. The summed E-state index contributed by atoms with van der Waals surface area (Å²) in [7, 11) is -3.57. The minimum Gasteiger partial charge on any atom is -0.207 e.